The highest BCUT2D eigenvalue weighted by Gasteiger charge is 2.18. The zero-order valence-corrected chi connectivity index (χ0v) is 11.9. The fourth-order valence-electron chi connectivity index (χ4n) is 1.86. The van der Waals surface area contributed by atoms with Gasteiger partial charge in [-0.2, -0.15) is 0 Å². The third kappa shape index (κ3) is 4.49. The molecule has 18 heavy (non-hydrogen) atoms. The van der Waals surface area contributed by atoms with Crippen LogP contribution in [-0.4, -0.2) is 18.0 Å². The first-order valence-corrected chi connectivity index (χ1v) is 6.49. The van der Waals surface area contributed by atoms with E-state index in [1.165, 1.54) is 0 Å². The Bertz CT molecular complexity index is 407. The highest BCUT2D eigenvalue weighted by molar-refractivity contribution is 5.93. The van der Waals surface area contributed by atoms with E-state index in [0.717, 1.165) is 11.3 Å². The van der Waals surface area contributed by atoms with E-state index in [2.05, 4.69) is 0 Å². The summed E-state index contributed by atoms with van der Waals surface area (Å²) in [6.45, 7) is 8.61. The number of aryl methyl sites for hydroxylation is 1. The largest absolute Gasteiger partial charge is 0.326 e. The number of nitrogens with zero attached hydrogens (tertiary/aromatic N) is 1. The maximum atomic E-state index is 12.2. The molecule has 0 aliphatic heterocycles. The van der Waals surface area contributed by atoms with Crippen LogP contribution in [0.25, 0.3) is 0 Å². The van der Waals surface area contributed by atoms with Gasteiger partial charge in [-0.05, 0) is 51.8 Å². The van der Waals surface area contributed by atoms with Gasteiger partial charge in [0, 0.05) is 24.2 Å². The minimum atomic E-state index is -0.290. The molecule has 1 aromatic rings. The lowest BCUT2D eigenvalue weighted by atomic mass is 9.99. The standard InChI is InChI=1S/C15H24N2O/c1-5-17(13-8-6-7-12(2)11-13)14(18)9-10-15(3,4)16/h6-8,11H,5,9-10,16H2,1-4H3. The Morgan fingerprint density at radius 2 is 2.06 bits per heavy atom. The molecule has 1 amide bonds. The Hall–Kier alpha value is -1.35. The van der Waals surface area contributed by atoms with Crippen LogP contribution in [0.15, 0.2) is 24.3 Å². The van der Waals surface area contributed by atoms with Crippen LogP contribution in [0.4, 0.5) is 5.69 Å². The van der Waals surface area contributed by atoms with Gasteiger partial charge in [-0.3, -0.25) is 4.79 Å². The summed E-state index contributed by atoms with van der Waals surface area (Å²) in [7, 11) is 0. The van der Waals surface area contributed by atoms with Gasteiger partial charge in [-0.1, -0.05) is 12.1 Å². The van der Waals surface area contributed by atoms with Crippen molar-refractivity contribution in [1.29, 1.82) is 0 Å². The molecule has 0 spiro atoms. The first-order chi connectivity index (χ1) is 8.33. The number of nitrogens with two attached hydrogens (primary N) is 1. The van der Waals surface area contributed by atoms with E-state index in [1.54, 1.807) is 0 Å². The summed E-state index contributed by atoms with van der Waals surface area (Å²) in [6, 6.07) is 8.02. The lowest BCUT2D eigenvalue weighted by Crippen LogP contribution is -2.36. The van der Waals surface area contributed by atoms with Gasteiger partial charge in [0.05, 0.1) is 0 Å². The van der Waals surface area contributed by atoms with Crippen LogP contribution in [0.1, 0.15) is 39.2 Å². The topological polar surface area (TPSA) is 46.3 Å². The maximum absolute atomic E-state index is 12.2. The summed E-state index contributed by atoms with van der Waals surface area (Å²) in [5, 5.41) is 0. The molecule has 0 saturated heterocycles. The molecule has 0 heterocycles. The molecule has 3 nitrogen and oxygen atoms in total. The second-order valence-corrected chi connectivity index (χ2v) is 5.47. The highest BCUT2D eigenvalue weighted by Crippen LogP contribution is 2.18. The summed E-state index contributed by atoms with van der Waals surface area (Å²) < 4.78 is 0. The van der Waals surface area contributed by atoms with Crippen molar-refractivity contribution in [2.45, 2.75) is 46.1 Å². The van der Waals surface area contributed by atoms with Gasteiger partial charge in [0.1, 0.15) is 0 Å². The average Bonchev–Trinajstić information content (AvgIpc) is 2.26. The van der Waals surface area contributed by atoms with Crippen molar-refractivity contribution in [3.63, 3.8) is 0 Å². The molecule has 0 aromatic heterocycles. The molecule has 0 fully saturated rings. The third-order valence-electron chi connectivity index (χ3n) is 2.91. The van der Waals surface area contributed by atoms with Crippen LogP contribution in [0.5, 0.6) is 0 Å². The second kappa shape index (κ2) is 6.01. The zero-order valence-electron chi connectivity index (χ0n) is 11.9. The molecule has 2 N–H and O–H groups in total. The predicted octanol–water partition coefficient (Wildman–Crippen LogP) is 2.87. The number of carbonyl (C=O) groups is 1. The van der Waals surface area contributed by atoms with Gasteiger partial charge in [0.25, 0.3) is 0 Å². The molecule has 3 heteroatoms. The molecule has 0 radical (unpaired) electrons. The predicted molar refractivity (Wildman–Crippen MR) is 76.7 cm³/mol. The van der Waals surface area contributed by atoms with Crippen molar-refractivity contribution < 1.29 is 4.79 Å². The lowest BCUT2D eigenvalue weighted by Gasteiger charge is -2.24. The van der Waals surface area contributed by atoms with Gasteiger partial charge in [0.2, 0.25) is 5.91 Å². The maximum Gasteiger partial charge on any atom is 0.227 e. The quantitative estimate of drug-likeness (QED) is 0.871. The monoisotopic (exact) mass is 248 g/mol. The van der Waals surface area contributed by atoms with Crippen molar-refractivity contribution in [2.75, 3.05) is 11.4 Å². The van der Waals surface area contributed by atoms with Crippen LogP contribution < -0.4 is 10.6 Å². The Morgan fingerprint density at radius 3 is 2.56 bits per heavy atom. The van der Waals surface area contributed by atoms with Gasteiger partial charge >= 0.3 is 0 Å². The smallest absolute Gasteiger partial charge is 0.227 e. The zero-order chi connectivity index (χ0) is 13.8. The summed E-state index contributed by atoms with van der Waals surface area (Å²) >= 11 is 0. The van der Waals surface area contributed by atoms with Crippen molar-refractivity contribution in [2.24, 2.45) is 5.73 Å². The van der Waals surface area contributed by atoms with Crippen LogP contribution in [-0.2, 0) is 4.79 Å². The normalized spacial score (nSPS) is 11.4. The molecule has 0 aliphatic carbocycles. The van der Waals surface area contributed by atoms with E-state index in [0.29, 0.717) is 19.4 Å². The number of hydrogen-bond donors (Lipinski definition) is 1. The molecular formula is C15H24N2O. The molecule has 0 atom stereocenters. The van der Waals surface area contributed by atoms with E-state index in [-0.39, 0.29) is 11.4 Å². The lowest BCUT2D eigenvalue weighted by molar-refractivity contribution is -0.118. The SMILES string of the molecule is CCN(C(=O)CCC(C)(C)N)c1cccc(C)c1. The molecule has 0 aliphatic rings. The second-order valence-electron chi connectivity index (χ2n) is 5.47. The van der Waals surface area contributed by atoms with E-state index in [1.807, 2.05) is 56.9 Å². The number of hydrogen-bond acceptors (Lipinski definition) is 2. The van der Waals surface area contributed by atoms with E-state index in [4.69, 9.17) is 5.73 Å². The van der Waals surface area contributed by atoms with Crippen molar-refractivity contribution >= 4 is 11.6 Å². The van der Waals surface area contributed by atoms with Crippen LogP contribution in [0.2, 0.25) is 0 Å². The van der Waals surface area contributed by atoms with Gasteiger partial charge in [0.15, 0.2) is 0 Å². The molecule has 0 bridgehead atoms. The van der Waals surface area contributed by atoms with Crippen molar-refractivity contribution in [1.82, 2.24) is 0 Å². The van der Waals surface area contributed by atoms with Crippen molar-refractivity contribution in [3.05, 3.63) is 29.8 Å². The van der Waals surface area contributed by atoms with Crippen molar-refractivity contribution in [3.8, 4) is 0 Å². The average molecular weight is 248 g/mol. The van der Waals surface area contributed by atoms with Crippen LogP contribution >= 0.6 is 0 Å². The Balaban J connectivity index is 2.75. The fourth-order valence-corrected chi connectivity index (χ4v) is 1.86. The number of carbonyl (C=O) groups excluding carboxylic acids is 1. The summed E-state index contributed by atoms with van der Waals surface area (Å²) in [4.78, 5) is 14.0. The molecule has 0 unspecified atom stereocenters. The molecule has 100 valence electrons. The summed E-state index contributed by atoms with van der Waals surface area (Å²) in [5.41, 5.74) is 7.76. The van der Waals surface area contributed by atoms with Crippen LogP contribution in [0.3, 0.4) is 0 Å². The minimum Gasteiger partial charge on any atom is -0.326 e. The molecular weight excluding hydrogens is 224 g/mol. The first-order valence-electron chi connectivity index (χ1n) is 6.49. The van der Waals surface area contributed by atoms with E-state index < -0.39 is 0 Å². The van der Waals surface area contributed by atoms with Gasteiger partial charge < -0.3 is 10.6 Å². The van der Waals surface area contributed by atoms with Crippen LogP contribution in [0, 0.1) is 6.92 Å². The molecule has 0 saturated carbocycles. The minimum absolute atomic E-state index is 0.140. The Labute approximate surface area is 110 Å². The van der Waals surface area contributed by atoms with E-state index in [9.17, 15) is 4.79 Å². The summed E-state index contributed by atoms with van der Waals surface area (Å²) in [6.07, 6.45) is 1.19. The number of anilines is 1. The highest BCUT2D eigenvalue weighted by atomic mass is 16.2. The Kier molecular flexibility index (Phi) is 4.91. The summed E-state index contributed by atoms with van der Waals surface area (Å²) in [5.74, 6) is 0.140. The first kappa shape index (κ1) is 14.7. The Morgan fingerprint density at radius 1 is 1.39 bits per heavy atom. The van der Waals surface area contributed by atoms with Gasteiger partial charge in [-0.15, -0.1) is 0 Å². The fraction of sp³-hybridized carbons (Fsp3) is 0.533. The van der Waals surface area contributed by atoms with Gasteiger partial charge in [-0.25, -0.2) is 0 Å². The number of rotatable bonds is 5. The third-order valence-corrected chi connectivity index (χ3v) is 2.91. The number of benzene rings is 1. The van der Waals surface area contributed by atoms with E-state index >= 15 is 0 Å². The molecule has 1 rings (SSSR count). The molecule has 1 aromatic carbocycles. The number of amides is 1.